The third-order valence-corrected chi connectivity index (χ3v) is 6.84. The van der Waals surface area contributed by atoms with Gasteiger partial charge in [-0.1, -0.05) is 13.8 Å². The second-order valence-electron chi connectivity index (χ2n) is 9.46. The lowest BCUT2D eigenvalue weighted by atomic mass is 9.40. The molecule has 0 aromatic carbocycles. The Bertz CT molecular complexity index is 456. The zero-order valence-corrected chi connectivity index (χ0v) is 13.9. The zero-order valence-electron chi connectivity index (χ0n) is 13.9. The largest absolute Gasteiger partial charge is 0.337 e. The fourth-order valence-corrected chi connectivity index (χ4v) is 7.13. The van der Waals surface area contributed by atoms with Crippen LogP contribution in [0, 0.1) is 22.2 Å². The maximum absolute atomic E-state index is 13.4. The minimum atomic E-state index is -0.0193. The van der Waals surface area contributed by atoms with Gasteiger partial charge in [-0.25, -0.2) is 0 Å². The van der Waals surface area contributed by atoms with Crippen molar-refractivity contribution < 1.29 is 4.79 Å². The van der Waals surface area contributed by atoms with Gasteiger partial charge in [-0.15, -0.1) is 0 Å². The van der Waals surface area contributed by atoms with Crippen LogP contribution in [0.15, 0.2) is 0 Å². The highest BCUT2D eigenvalue weighted by Gasteiger charge is 2.63. The summed E-state index contributed by atoms with van der Waals surface area (Å²) in [5.41, 5.74) is 0.844. The number of carbonyl (C=O) groups is 1. The molecule has 118 valence electrons. The Balaban J connectivity index is 1.66. The number of rotatable bonds is 1. The molecule has 3 heteroatoms. The van der Waals surface area contributed by atoms with Gasteiger partial charge in [-0.05, 0) is 62.2 Å². The van der Waals surface area contributed by atoms with E-state index < -0.39 is 0 Å². The minimum absolute atomic E-state index is 0.0193. The fraction of sp³-hybridized carbons (Fsp3) is 0.944. The number of carbonyl (C=O) groups excluding carboxylic acids is 1. The summed E-state index contributed by atoms with van der Waals surface area (Å²) >= 11 is 0. The molecule has 5 aliphatic rings. The molecule has 2 unspecified atom stereocenters. The Morgan fingerprint density at radius 1 is 1.10 bits per heavy atom. The molecule has 1 aliphatic heterocycles. The molecule has 4 saturated carbocycles. The van der Waals surface area contributed by atoms with E-state index in [9.17, 15) is 4.79 Å². The van der Waals surface area contributed by atoms with E-state index in [1.54, 1.807) is 0 Å². The van der Waals surface area contributed by atoms with Crippen molar-refractivity contribution in [2.45, 2.75) is 65.3 Å². The van der Waals surface area contributed by atoms with E-state index in [4.69, 9.17) is 0 Å². The standard InChI is InChI=1S/C18H30N2O/c1-13-9-19-4-5-20(13)15(21)18-8-14-6-16(2,11-18)10-17(3,7-14)12-18/h13-14,19H,4-12H2,1-3H3/t13-,14?,16?,17?,18?/m0/s1. The number of hydrogen-bond acceptors (Lipinski definition) is 2. The van der Waals surface area contributed by atoms with Crippen molar-refractivity contribution in [2.75, 3.05) is 19.6 Å². The van der Waals surface area contributed by atoms with E-state index in [1.807, 2.05) is 0 Å². The molecule has 4 aliphatic carbocycles. The Kier molecular flexibility index (Phi) is 2.84. The Morgan fingerprint density at radius 2 is 1.76 bits per heavy atom. The van der Waals surface area contributed by atoms with Crippen molar-refractivity contribution in [3.63, 3.8) is 0 Å². The van der Waals surface area contributed by atoms with Crippen molar-refractivity contribution >= 4 is 5.91 Å². The van der Waals surface area contributed by atoms with Crippen molar-refractivity contribution in [2.24, 2.45) is 22.2 Å². The molecule has 0 aromatic rings. The molecular formula is C18H30N2O. The molecule has 3 nitrogen and oxygen atoms in total. The van der Waals surface area contributed by atoms with Gasteiger partial charge in [0.1, 0.15) is 0 Å². The van der Waals surface area contributed by atoms with E-state index in [2.05, 4.69) is 31.0 Å². The van der Waals surface area contributed by atoms with Gasteiger partial charge in [0, 0.05) is 25.7 Å². The van der Waals surface area contributed by atoms with Crippen LogP contribution in [0.3, 0.4) is 0 Å². The monoisotopic (exact) mass is 290 g/mol. The molecule has 0 aromatic heterocycles. The number of nitrogens with one attached hydrogen (secondary N) is 1. The van der Waals surface area contributed by atoms with Gasteiger partial charge in [-0.2, -0.15) is 0 Å². The summed E-state index contributed by atoms with van der Waals surface area (Å²) in [5, 5.41) is 3.41. The summed E-state index contributed by atoms with van der Waals surface area (Å²) in [7, 11) is 0. The zero-order chi connectivity index (χ0) is 14.9. The van der Waals surface area contributed by atoms with Crippen LogP contribution in [0.1, 0.15) is 59.3 Å². The summed E-state index contributed by atoms with van der Waals surface area (Å²) in [6.07, 6.45) is 7.57. The molecule has 4 bridgehead atoms. The van der Waals surface area contributed by atoms with Crippen molar-refractivity contribution in [3.8, 4) is 0 Å². The van der Waals surface area contributed by atoms with Gasteiger partial charge in [0.2, 0.25) is 5.91 Å². The normalized spacial score (nSPS) is 52.2. The van der Waals surface area contributed by atoms with Crippen LogP contribution >= 0.6 is 0 Å². The second kappa shape index (κ2) is 4.24. The van der Waals surface area contributed by atoms with Gasteiger partial charge in [0.05, 0.1) is 5.41 Å². The van der Waals surface area contributed by atoms with Crippen molar-refractivity contribution in [1.82, 2.24) is 10.2 Å². The van der Waals surface area contributed by atoms with Crippen LogP contribution in [0.25, 0.3) is 0 Å². The predicted octanol–water partition coefficient (Wildman–Crippen LogP) is 2.80. The minimum Gasteiger partial charge on any atom is -0.337 e. The summed E-state index contributed by atoms with van der Waals surface area (Å²) in [4.78, 5) is 15.6. The van der Waals surface area contributed by atoms with Crippen LogP contribution < -0.4 is 5.32 Å². The van der Waals surface area contributed by atoms with E-state index in [0.29, 0.717) is 22.8 Å². The Labute approximate surface area is 128 Å². The van der Waals surface area contributed by atoms with Crippen LogP contribution in [0.4, 0.5) is 0 Å². The van der Waals surface area contributed by atoms with Gasteiger partial charge in [0.15, 0.2) is 0 Å². The van der Waals surface area contributed by atoms with E-state index in [0.717, 1.165) is 38.4 Å². The second-order valence-corrected chi connectivity index (χ2v) is 9.46. The van der Waals surface area contributed by atoms with E-state index in [1.165, 1.54) is 25.7 Å². The third-order valence-electron chi connectivity index (χ3n) is 6.84. The highest BCUT2D eigenvalue weighted by Crippen LogP contribution is 2.69. The predicted molar refractivity (Wildman–Crippen MR) is 83.9 cm³/mol. The molecule has 1 saturated heterocycles. The molecule has 3 atom stereocenters. The van der Waals surface area contributed by atoms with Crippen LogP contribution in [-0.4, -0.2) is 36.5 Å². The van der Waals surface area contributed by atoms with Crippen LogP contribution in [0.2, 0.25) is 0 Å². The molecule has 1 heterocycles. The quantitative estimate of drug-likeness (QED) is 0.805. The summed E-state index contributed by atoms with van der Waals surface area (Å²) in [6, 6.07) is 0.361. The van der Waals surface area contributed by atoms with Gasteiger partial charge in [-0.3, -0.25) is 4.79 Å². The summed E-state index contributed by atoms with van der Waals surface area (Å²) < 4.78 is 0. The topological polar surface area (TPSA) is 32.3 Å². The number of amides is 1. The molecule has 21 heavy (non-hydrogen) atoms. The summed E-state index contributed by atoms with van der Waals surface area (Å²) in [6.45, 7) is 9.94. The third kappa shape index (κ3) is 2.07. The SMILES string of the molecule is C[C@H]1CNCCN1C(=O)C12CC3CC(C)(CC(C)(C3)C1)C2. The maximum Gasteiger partial charge on any atom is 0.229 e. The number of piperazine rings is 1. The number of nitrogens with zero attached hydrogens (tertiary/aromatic N) is 1. The highest BCUT2D eigenvalue weighted by molar-refractivity contribution is 5.84. The summed E-state index contributed by atoms with van der Waals surface area (Å²) in [5.74, 6) is 1.30. The molecule has 5 fully saturated rings. The highest BCUT2D eigenvalue weighted by atomic mass is 16.2. The molecule has 1 N–H and O–H groups in total. The Hall–Kier alpha value is -0.570. The molecule has 0 radical (unpaired) electrons. The van der Waals surface area contributed by atoms with Gasteiger partial charge < -0.3 is 10.2 Å². The molecule has 1 amide bonds. The average Bonchev–Trinajstić information content (AvgIpc) is 2.34. The maximum atomic E-state index is 13.4. The first-order valence-corrected chi connectivity index (χ1v) is 8.85. The molecule has 5 rings (SSSR count). The van der Waals surface area contributed by atoms with Crippen molar-refractivity contribution in [1.29, 1.82) is 0 Å². The Morgan fingerprint density at radius 3 is 2.33 bits per heavy atom. The lowest BCUT2D eigenvalue weighted by molar-refractivity contribution is -0.181. The first kappa shape index (κ1) is 14.0. The van der Waals surface area contributed by atoms with Crippen LogP contribution in [0.5, 0.6) is 0 Å². The van der Waals surface area contributed by atoms with E-state index >= 15 is 0 Å². The smallest absolute Gasteiger partial charge is 0.229 e. The first-order chi connectivity index (χ1) is 9.83. The first-order valence-electron chi connectivity index (χ1n) is 8.85. The van der Waals surface area contributed by atoms with Crippen molar-refractivity contribution in [3.05, 3.63) is 0 Å². The van der Waals surface area contributed by atoms with Crippen LogP contribution in [-0.2, 0) is 4.79 Å². The van der Waals surface area contributed by atoms with Gasteiger partial charge >= 0.3 is 0 Å². The lowest BCUT2D eigenvalue weighted by Crippen LogP contribution is -2.63. The number of hydrogen-bond donors (Lipinski definition) is 1. The van der Waals surface area contributed by atoms with Gasteiger partial charge in [0.25, 0.3) is 0 Å². The lowest BCUT2D eigenvalue weighted by Gasteiger charge is -2.65. The molecule has 0 spiro atoms. The fourth-order valence-electron chi connectivity index (χ4n) is 7.13. The van der Waals surface area contributed by atoms with E-state index in [-0.39, 0.29) is 5.41 Å². The molecular weight excluding hydrogens is 260 g/mol. The average molecular weight is 290 g/mol.